The molecule has 0 fully saturated rings. The Hall–Kier alpha value is -4.06. The summed E-state index contributed by atoms with van der Waals surface area (Å²) in [6, 6.07) is 8.67. The monoisotopic (exact) mass is 379 g/mol. The molecule has 3 rings (SSSR count). The van der Waals surface area contributed by atoms with E-state index in [0.29, 0.717) is 17.8 Å². The largest absolute Gasteiger partial charge is 0.478 e. The molecule has 0 bridgehead atoms. The molecule has 3 aromatic rings. The first kappa shape index (κ1) is 18.7. The fraction of sp³-hybridized carbons (Fsp3) is 0.105. The molecule has 0 radical (unpaired) electrons. The number of aromatic nitrogens is 3. The normalized spacial score (nSPS) is 10.3. The molecule has 2 aromatic heterocycles. The molecule has 0 spiro atoms. The molecule has 0 aliphatic rings. The van der Waals surface area contributed by atoms with Crippen molar-refractivity contribution in [3.8, 4) is 11.9 Å². The lowest BCUT2D eigenvalue weighted by Gasteiger charge is -2.11. The third-order valence-corrected chi connectivity index (χ3v) is 4.02. The quantitative estimate of drug-likeness (QED) is 0.703. The number of carboxylic acids is 1. The molecule has 0 aliphatic carbocycles. The van der Waals surface area contributed by atoms with Gasteiger partial charge in [0.2, 0.25) is 0 Å². The lowest BCUT2D eigenvalue weighted by molar-refractivity contribution is 0.0698. The second-order valence-corrected chi connectivity index (χ2v) is 5.80. The van der Waals surface area contributed by atoms with Gasteiger partial charge in [0.1, 0.15) is 11.9 Å². The van der Waals surface area contributed by atoms with E-state index in [2.05, 4.69) is 15.5 Å². The van der Waals surface area contributed by atoms with Crippen molar-refractivity contribution in [1.29, 1.82) is 5.26 Å². The van der Waals surface area contributed by atoms with Crippen LogP contribution in [0.3, 0.4) is 0 Å². The lowest BCUT2D eigenvalue weighted by atomic mass is 10.1. The van der Waals surface area contributed by atoms with Gasteiger partial charge in [-0.25, -0.2) is 9.18 Å². The highest BCUT2D eigenvalue weighted by Gasteiger charge is 2.18. The van der Waals surface area contributed by atoms with E-state index in [1.165, 1.54) is 18.2 Å². The van der Waals surface area contributed by atoms with Gasteiger partial charge in [-0.1, -0.05) is 6.92 Å². The number of rotatable bonds is 5. The Morgan fingerprint density at radius 1 is 1.29 bits per heavy atom. The van der Waals surface area contributed by atoms with Gasteiger partial charge in [-0.2, -0.15) is 5.26 Å². The standard InChI is InChI=1S/C19H14FN5O3/c1-2-12-7-13(19(27)28)16(8-14(12)20)22-18(26)15-3-4-17(24-23-15)25-6-5-11(9-21)10-25/h3-8,10H,2H2,1H3,(H,22,26)(H,27,28). The number of hydrogen-bond donors (Lipinski definition) is 2. The van der Waals surface area contributed by atoms with Crippen molar-refractivity contribution in [3.05, 3.63) is 70.9 Å². The maximum atomic E-state index is 14.0. The number of hydrogen-bond acceptors (Lipinski definition) is 5. The van der Waals surface area contributed by atoms with Crippen LogP contribution in [-0.4, -0.2) is 31.7 Å². The maximum absolute atomic E-state index is 14.0. The number of carboxylic acid groups (broad SMARTS) is 1. The lowest BCUT2D eigenvalue weighted by Crippen LogP contribution is -2.17. The molecular formula is C19H14FN5O3. The fourth-order valence-electron chi connectivity index (χ4n) is 2.54. The van der Waals surface area contributed by atoms with E-state index >= 15 is 0 Å². The van der Waals surface area contributed by atoms with Gasteiger partial charge in [0.25, 0.3) is 5.91 Å². The van der Waals surface area contributed by atoms with E-state index in [1.807, 2.05) is 6.07 Å². The SMILES string of the molecule is CCc1cc(C(=O)O)c(NC(=O)c2ccc(-n3ccc(C#N)c3)nn2)cc1F. The third-order valence-electron chi connectivity index (χ3n) is 4.02. The maximum Gasteiger partial charge on any atom is 0.337 e. The van der Waals surface area contributed by atoms with Crippen LogP contribution in [0.5, 0.6) is 0 Å². The molecule has 0 saturated carbocycles. The number of amides is 1. The number of anilines is 1. The van der Waals surface area contributed by atoms with Crippen molar-refractivity contribution in [2.75, 3.05) is 5.32 Å². The number of nitrogens with zero attached hydrogens (tertiary/aromatic N) is 4. The fourth-order valence-corrected chi connectivity index (χ4v) is 2.54. The molecule has 0 atom stereocenters. The van der Waals surface area contributed by atoms with Crippen LogP contribution in [0.1, 0.15) is 38.9 Å². The summed E-state index contributed by atoms with van der Waals surface area (Å²) in [5, 5.41) is 28.2. The first-order chi connectivity index (χ1) is 13.4. The third kappa shape index (κ3) is 3.71. The van der Waals surface area contributed by atoms with Crippen LogP contribution in [0.25, 0.3) is 5.82 Å². The zero-order valence-electron chi connectivity index (χ0n) is 14.7. The zero-order chi connectivity index (χ0) is 20.3. The molecule has 140 valence electrons. The molecule has 1 amide bonds. The molecular weight excluding hydrogens is 365 g/mol. The summed E-state index contributed by atoms with van der Waals surface area (Å²) >= 11 is 0. The van der Waals surface area contributed by atoms with Crippen LogP contribution in [0.2, 0.25) is 0 Å². The minimum Gasteiger partial charge on any atom is -0.478 e. The smallest absolute Gasteiger partial charge is 0.337 e. The van der Waals surface area contributed by atoms with Gasteiger partial charge in [0, 0.05) is 12.4 Å². The number of nitrogens with one attached hydrogen (secondary N) is 1. The number of aromatic carboxylic acids is 1. The molecule has 2 heterocycles. The molecule has 9 heteroatoms. The summed E-state index contributed by atoms with van der Waals surface area (Å²) in [6.07, 6.45) is 3.50. The minimum absolute atomic E-state index is 0.0762. The van der Waals surface area contributed by atoms with Crippen LogP contribution in [0, 0.1) is 17.1 Å². The summed E-state index contributed by atoms with van der Waals surface area (Å²) < 4.78 is 15.6. The van der Waals surface area contributed by atoms with E-state index in [4.69, 9.17) is 5.26 Å². The topological polar surface area (TPSA) is 121 Å². The second-order valence-electron chi connectivity index (χ2n) is 5.80. The summed E-state index contributed by atoms with van der Waals surface area (Å²) in [7, 11) is 0. The van der Waals surface area contributed by atoms with Gasteiger partial charge < -0.3 is 15.0 Å². The number of nitriles is 1. The predicted octanol–water partition coefficient (Wildman–Crippen LogP) is 2.79. The average molecular weight is 379 g/mol. The van der Waals surface area contributed by atoms with Crippen LogP contribution in [0.4, 0.5) is 10.1 Å². The van der Waals surface area contributed by atoms with Crippen molar-refractivity contribution in [2.24, 2.45) is 0 Å². The first-order valence-electron chi connectivity index (χ1n) is 8.22. The van der Waals surface area contributed by atoms with Crippen LogP contribution < -0.4 is 5.32 Å². The molecule has 28 heavy (non-hydrogen) atoms. The minimum atomic E-state index is -1.28. The van der Waals surface area contributed by atoms with E-state index in [1.54, 1.807) is 30.0 Å². The predicted molar refractivity (Wildman–Crippen MR) is 96.8 cm³/mol. The molecule has 0 unspecified atom stereocenters. The highest BCUT2D eigenvalue weighted by Crippen LogP contribution is 2.22. The van der Waals surface area contributed by atoms with Crippen molar-refractivity contribution >= 4 is 17.6 Å². The number of carbonyl (C=O) groups excluding carboxylic acids is 1. The Kier molecular flexibility index (Phi) is 5.13. The van der Waals surface area contributed by atoms with Crippen LogP contribution in [0.15, 0.2) is 42.7 Å². The average Bonchev–Trinajstić information content (AvgIpc) is 3.17. The summed E-state index contributed by atoms with van der Waals surface area (Å²) in [6.45, 7) is 1.70. The Morgan fingerprint density at radius 2 is 2.07 bits per heavy atom. The number of benzene rings is 1. The number of aryl methyl sites for hydroxylation is 1. The van der Waals surface area contributed by atoms with Gasteiger partial charge in [0.15, 0.2) is 11.5 Å². The van der Waals surface area contributed by atoms with Gasteiger partial charge >= 0.3 is 5.97 Å². The van der Waals surface area contributed by atoms with E-state index in [9.17, 15) is 19.1 Å². The van der Waals surface area contributed by atoms with Gasteiger partial charge in [0.05, 0.1) is 16.8 Å². The Balaban J connectivity index is 1.84. The molecule has 0 aliphatic heterocycles. The van der Waals surface area contributed by atoms with E-state index < -0.39 is 17.7 Å². The van der Waals surface area contributed by atoms with Gasteiger partial charge in [-0.3, -0.25) is 4.79 Å². The Labute approximate surface area is 158 Å². The number of halogens is 1. The summed E-state index contributed by atoms with van der Waals surface area (Å²) in [5.41, 5.74) is 0.229. The van der Waals surface area contributed by atoms with Gasteiger partial charge in [-0.05, 0) is 42.3 Å². The van der Waals surface area contributed by atoms with E-state index in [-0.39, 0.29) is 22.5 Å². The highest BCUT2D eigenvalue weighted by molar-refractivity contribution is 6.06. The van der Waals surface area contributed by atoms with E-state index in [0.717, 1.165) is 6.07 Å². The molecule has 8 nitrogen and oxygen atoms in total. The van der Waals surface area contributed by atoms with Crippen LogP contribution in [-0.2, 0) is 6.42 Å². The zero-order valence-corrected chi connectivity index (χ0v) is 14.7. The summed E-state index contributed by atoms with van der Waals surface area (Å²) in [5.74, 6) is -2.23. The van der Waals surface area contributed by atoms with Gasteiger partial charge in [-0.15, -0.1) is 10.2 Å². The Morgan fingerprint density at radius 3 is 2.64 bits per heavy atom. The summed E-state index contributed by atoms with van der Waals surface area (Å²) in [4.78, 5) is 23.8. The van der Waals surface area contributed by atoms with Crippen molar-refractivity contribution in [3.63, 3.8) is 0 Å². The van der Waals surface area contributed by atoms with Crippen molar-refractivity contribution < 1.29 is 19.1 Å². The Bertz CT molecular complexity index is 1100. The van der Waals surface area contributed by atoms with Crippen LogP contribution >= 0.6 is 0 Å². The van der Waals surface area contributed by atoms with Crippen molar-refractivity contribution in [1.82, 2.24) is 14.8 Å². The van der Waals surface area contributed by atoms with Crippen molar-refractivity contribution in [2.45, 2.75) is 13.3 Å². The molecule has 2 N–H and O–H groups in total. The molecule has 1 aromatic carbocycles. The number of carbonyl (C=O) groups is 2. The molecule has 0 saturated heterocycles. The second kappa shape index (κ2) is 7.67. The first-order valence-corrected chi connectivity index (χ1v) is 8.22. The highest BCUT2D eigenvalue weighted by atomic mass is 19.1.